The van der Waals surface area contributed by atoms with Gasteiger partial charge in [0.25, 0.3) is 0 Å². The summed E-state index contributed by atoms with van der Waals surface area (Å²) in [5.74, 6) is 0.860. The third-order valence-corrected chi connectivity index (χ3v) is 4.69. The summed E-state index contributed by atoms with van der Waals surface area (Å²) in [7, 11) is 0. The normalized spacial score (nSPS) is 12.7. The Morgan fingerprint density at radius 3 is 2.83 bits per heavy atom. The Kier molecular flexibility index (Phi) is 4.61. The van der Waals surface area contributed by atoms with Crippen molar-refractivity contribution < 1.29 is 5.11 Å². The first-order valence-electron chi connectivity index (χ1n) is 5.58. The molecule has 18 heavy (non-hydrogen) atoms. The van der Waals surface area contributed by atoms with Gasteiger partial charge in [-0.05, 0) is 36.2 Å². The second kappa shape index (κ2) is 6.02. The fourth-order valence-electron chi connectivity index (χ4n) is 1.38. The number of nitrogens with zero attached hydrogens (tertiary/aromatic N) is 2. The average molecular weight is 301 g/mol. The molecule has 1 aromatic heterocycles. The van der Waals surface area contributed by atoms with Gasteiger partial charge in [0, 0.05) is 11.3 Å². The van der Waals surface area contributed by atoms with E-state index >= 15 is 0 Å². The van der Waals surface area contributed by atoms with Crippen molar-refractivity contribution in [2.45, 2.75) is 35.6 Å². The molecule has 2 rings (SSSR count). The molecule has 0 aliphatic heterocycles. The second-order valence-electron chi connectivity index (χ2n) is 3.80. The Bertz CT molecular complexity index is 543. The minimum absolute atomic E-state index is 0.505. The Morgan fingerprint density at radius 2 is 2.28 bits per heavy atom. The van der Waals surface area contributed by atoms with Gasteiger partial charge < -0.3 is 5.11 Å². The first-order valence-corrected chi connectivity index (χ1v) is 7.55. The van der Waals surface area contributed by atoms with E-state index in [4.69, 9.17) is 11.6 Å². The lowest BCUT2D eigenvalue weighted by molar-refractivity contribution is 0.199. The van der Waals surface area contributed by atoms with Crippen LogP contribution in [-0.2, 0) is 6.42 Å². The molecule has 3 nitrogen and oxygen atoms in total. The van der Waals surface area contributed by atoms with Gasteiger partial charge in [0.05, 0.1) is 11.1 Å². The number of hydrogen-bond acceptors (Lipinski definition) is 5. The molecule has 0 saturated carbocycles. The van der Waals surface area contributed by atoms with Crippen molar-refractivity contribution in [1.82, 2.24) is 9.36 Å². The zero-order chi connectivity index (χ0) is 13.1. The van der Waals surface area contributed by atoms with E-state index in [0.29, 0.717) is 5.02 Å². The van der Waals surface area contributed by atoms with Crippen LogP contribution in [0.15, 0.2) is 27.4 Å². The van der Waals surface area contributed by atoms with Crippen molar-refractivity contribution in [3.63, 3.8) is 0 Å². The number of benzene rings is 1. The van der Waals surface area contributed by atoms with Gasteiger partial charge in [-0.3, -0.25) is 0 Å². The highest BCUT2D eigenvalue weighted by molar-refractivity contribution is 8.01. The second-order valence-corrected chi connectivity index (χ2v) is 6.25. The van der Waals surface area contributed by atoms with Gasteiger partial charge in [-0.15, -0.1) is 0 Å². The fourth-order valence-corrected chi connectivity index (χ4v) is 3.34. The standard InChI is InChI=1S/C12H13ClN2OS2/c1-3-11-14-12(18-15-11)17-10-5-4-8(7(2)16)6-9(10)13/h4-7,16H,3H2,1-2H3/t7-/m1/s1. The quantitative estimate of drug-likeness (QED) is 0.928. The van der Waals surface area contributed by atoms with Crippen molar-refractivity contribution in [2.24, 2.45) is 0 Å². The van der Waals surface area contributed by atoms with E-state index in [1.54, 1.807) is 13.0 Å². The van der Waals surface area contributed by atoms with Gasteiger partial charge in [0.1, 0.15) is 5.82 Å². The highest BCUT2D eigenvalue weighted by Crippen LogP contribution is 2.35. The molecule has 0 fully saturated rings. The smallest absolute Gasteiger partial charge is 0.174 e. The van der Waals surface area contributed by atoms with Crippen LogP contribution >= 0.6 is 34.9 Å². The third-order valence-electron chi connectivity index (χ3n) is 2.40. The maximum Gasteiger partial charge on any atom is 0.174 e. The summed E-state index contributed by atoms with van der Waals surface area (Å²) in [5.41, 5.74) is 0.816. The van der Waals surface area contributed by atoms with Crippen molar-refractivity contribution in [2.75, 3.05) is 0 Å². The van der Waals surface area contributed by atoms with E-state index in [2.05, 4.69) is 9.36 Å². The summed E-state index contributed by atoms with van der Waals surface area (Å²) in [5, 5.41) is 10.1. The molecule has 0 spiro atoms. The predicted molar refractivity (Wildman–Crippen MR) is 75.5 cm³/mol. The van der Waals surface area contributed by atoms with Gasteiger partial charge in [-0.2, -0.15) is 4.37 Å². The number of aliphatic hydroxyl groups is 1. The molecular formula is C12H13ClN2OS2. The number of halogens is 1. The maximum atomic E-state index is 9.48. The summed E-state index contributed by atoms with van der Waals surface area (Å²) in [6.07, 6.45) is 0.334. The minimum Gasteiger partial charge on any atom is -0.389 e. The van der Waals surface area contributed by atoms with Gasteiger partial charge in [-0.1, -0.05) is 36.4 Å². The SMILES string of the molecule is CCc1nsc(Sc2ccc([C@@H](C)O)cc2Cl)n1. The molecule has 0 aliphatic rings. The van der Waals surface area contributed by atoms with E-state index < -0.39 is 6.10 Å². The number of aryl methyl sites for hydroxylation is 1. The molecule has 96 valence electrons. The van der Waals surface area contributed by atoms with E-state index in [-0.39, 0.29) is 0 Å². The molecule has 2 aromatic rings. The molecular weight excluding hydrogens is 288 g/mol. The lowest BCUT2D eigenvalue weighted by Gasteiger charge is -2.07. The largest absolute Gasteiger partial charge is 0.389 e. The molecule has 1 aromatic carbocycles. The zero-order valence-electron chi connectivity index (χ0n) is 10.1. The predicted octanol–water partition coefficient (Wildman–Crippen LogP) is 3.96. The first kappa shape index (κ1) is 13.8. The highest BCUT2D eigenvalue weighted by atomic mass is 35.5. The number of aromatic nitrogens is 2. The molecule has 6 heteroatoms. The van der Waals surface area contributed by atoms with E-state index in [1.807, 2.05) is 19.1 Å². The van der Waals surface area contributed by atoms with Crippen LogP contribution < -0.4 is 0 Å². The van der Waals surface area contributed by atoms with Gasteiger partial charge in [0.2, 0.25) is 0 Å². The molecule has 0 radical (unpaired) electrons. The lowest BCUT2D eigenvalue weighted by atomic mass is 10.1. The molecule has 0 aliphatic carbocycles. The van der Waals surface area contributed by atoms with Crippen molar-refractivity contribution >= 4 is 34.9 Å². The van der Waals surface area contributed by atoms with E-state index in [9.17, 15) is 5.11 Å². The molecule has 1 atom stereocenters. The lowest BCUT2D eigenvalue weighted by Crippen LogP contribution is -1.90. The molecule has 0 saturated heterocycles. The first-order chi connectivity index (χ1) is 8.60. The number of rotatable bonds is 4. The fraction of sp³-hybridized carbons (Fsp3) is 0.333. The molecule has 0 amide bonds. The van der Waals surface area contributed by atoms with Gasteiger partial charge >= 0.3 is 0 Å². The van der Waals surface area contributed by atoms with Crippen molar-refractivity contribution in [3.8, 4) is 0 Å². The van der Waals surface area contributed by atoms with Crippen LogP contribution in [0.2, 0.25) is 5.02 Å². The van der Waals surface area contributed by atoms with Crippen LogP contribution in [-0.4, -0.2) is 14.5 Å². The van der Waals surface area contributed by atoms with Gasteiger partial charge in [-0.25, -0.2) is 4.98 Å². The molecule has 0 unspecified atom stereocenters. The molecule has 1 N–H and O–H groups in total. The molecule has 1 heterocycles. The van der Waals surface area contributed by atoms with Crippen LogP contribution in [0.5, 0.6) is 0 Å². The number of hydrogen-bond donors (Lipinski definition) is 1. The monoisotopic (exact) mass is 300 g/mol. The van der Waals surface area contributed by atoms with E-state index in [1.165, 1.54) is 23.3 Å². The Balaban J connectivity index is 2.19. The van der Waals surface area contributed by atoms with Gasteiger partial charge in [0.15, 0.2) is 4.34 Å². The number of aliphatic hydroxyl groups excluding tert-OH is 1. The Morgan fingerprint density at radius 1 is 1.50 bits per heavy atom. The summed E-state index contributed by atoms with van der Waals surface area (Å²) in [6, 6.07) is 5.57. The average Bonchev–Trinajstić information content (AvgIpc) is 2.79. The summed E-state index contributed by atoms with van der Waals surface area (Å²) in [6.45, 7) is 3.75. The molecule has 0 bridgehead atoms. The van der Waals surface area contributed by atoms with Crippen molar-refractivity contribution in [1.29, 1.82) is 0 Å². The summed E-state index contributed by atoms with van der Waals surface area (Å²) >= 11 is 9.07. The third kappa shape index (κ3) is 3.23. The topological polar surface area (TPSA) is 46.0 Å². The summed E-state index contributed by atoms with van der Waals surface area (Å²) < 4.78 is 5.12. The Labute approximate surface area is 119 Å². The Hall–Kier alpha value is -0.620. The van der Waals surface area contributed by atoms with Crippen LogP contribution in [0.25, 0.3) is 0 Å². The highest BCUT2D eigenvalue weighted by Gasteiger charge is 2.10. The van der Waals surface area contributed by atoms with Crippen LogP contribution in [0.3, 0.4) is 0 Å². The summed E-state index contributed by atoms with van der Waals surface area (Å²) in [4.78, 5) is 5.32. The van der Waals surface area contributed by atoms with Crippen LogP contribution in [0.1, 0.15) is 31.3 Å². The van der Waals surface area contributed by atoms with Crippen LogP contribution in [0, 0.1) is 0 Å². The van der Waals surface area contributed by atoms with Crippen molar-refractivity contribution in [3.05, 3.63) is 34.6 Å². The maximum absolute atomic E-state index is 9.48. The van der Waals surface area contributed by atoms with E-state index in [0.717, 1.165) is 27.0 Å². The zero-order valence-corrected chi connectivity index (χ0v) is 12.4. The van der Waals surface area contributed by atoms with Crippen LogP contribution in [0.4, 0.5) is 0 Å². The minimum atomic E-state index is -0.505.